The Balaban J connectivity index is 2.15. The van der Waals surface area contributed by atoms with E-state index in [1.165, 1.54) is 5.56 Å². The van der Waals surface area contributed by atoms with Gasteiger partial charge in [0, 0.05) is 12.4 Å². The fourth-order valence-electron chi connectivity index (χ4n) is 1.06. The Kier molecular flexibility index (Phi) is 2.78. The van der Waals surface area contributed by atoms with Gasteiger partial charge in [0.25, 0.3) is 5.95 Å². The fourth-order valence-corrected chi connectivity index (χ4v) is 1.06. The molecule has 0 aliphatic heterocycles. The van der Waals surface area contributed by atoms with Crippen molar-refractivity contribution in [2.45, 2.75) is 6.92 Å². The number of aromatic nitrogens is 2. The summed E-state index contributed by atoms with van der Waals surface area (Å²) in [6.07, 6.45) is 3.27. The average Bonchev–Trinajstić information content (AvgIpc) is 2.30. The van der Waals surface area contributed by atoms with Crippen molar-refractivity contribution in [1.82, 2.24) is 9.97 Å². The topological polar surface area (TPSA) is 50.5 Å². The van der Waals surface area contributed by atoms with Crippen molar-refractivity contribution in [1.29, 1.82) is 0 Å². The molecule has 0 bridgehead atoms. The van der Waals surface area contributed by atoms with Gasteiger partial charge in [0.05, 0.1) is 5.69 Å². The predicted molar refractivity (Wildman–Crippen MR) is 57.4 cm³/mol. The van der Waals surface area contributed by atoms with Crippen LogP contribution in [-0.4, -0.2) is 9.97 Å². The highest BCUT2D eigenvalue weighted by Crippen LogP contribution is 2.14. The Hall–Kier alpha value is -2.10. The molecule has 0 radical (unpaired) electrons. The summed E-state index contributed by atoms with van der Waals surface area (Å²) >= 11 is 0. The van der Waals surface area contributed by atoms with Crippen molar-refractivity contribution < 1.29 is 0 Å². The normalized spacial score (nSPS) is 10.7. The van der Waals surface area contributed by atoms with Crippen molar-refractivity contribution in [3.8, 4) is 0 Å². The van der Waals surface area contributed by atoms with Crippen molar-refractivity contribution in [3.05, 3.63) is 48.3 Å². The summed E-state index contributed by atoms with van der Waals surface area (Å²) in [7, 11) is 0. The van der Waals surface area contributed by atoms with E-state index in [1.807, 2.05) is 31.2 Å². The van der Waals surface area contributed by atoms with Gasteiger partial charge in [0.1, 0.15) is 0 Å². The van der Waals surface area contributed by atoms with Crippen LogP contribution in [0.15, 0.2) is 53.0 Å². The van der Waals surface area contributed by atoms with Gasteiger partial charge in [-0.05, 0) is 25.1 Å². The van der Waals surface area contributed by atoms with Gasteiger partial charge in [0.2, 0.25) is 0 Å². The first kappa shape index (κ1) is 9.45. The average molecular weight is 198 g/mol. The van der Waals surface area contributed by atoms with Crippen LogP contribution >= 0.6 is 0 Å². The van der Waals surface area contributed by atoms with Crippen LogP contribution in [0.3, 0.4) is 0 Å². The molecule has 74 valence electrons. The first-order valence-electron chi connectivity index (χ1n) is 4.60. The Morgan fingerprint density at radius 2 is 1.60 bits per heavy atom. The second-order valence-corrected chi connectivity index (χ2v) is 3.08. The third-order valence-electron chi connectivity index (χ3n) is 1.84. The van der Waals surface area contributed by atoms with Gasteiger partial charge in [-0.1, -0.05) is 17.7 Å². The van der Waals surface area contributed by atoms with E-state index < -0.39 is 0 Å². The first-order valence-corrected chi connectivity index (χ1v) is 4.60. The zero-order chi connectivity index (χ0) is 10.5. The SMILES string of the molecule is Cc1ccc(N=Nc2ncccn2)cc1. The van der Waals surface area contributed by atoms with Crippen LogP contribution in [0.2, 0.25) is 0 Å². The lowest BCUT2D eigenvalue weighted by Gasteiger charge is -1.92. The third-order valence-corrected chi connectivity index (χ3v) is 1.84. The van der Waals surface area contributed by atoms with Gasteiger partial charge in [-0.15, -0.1) is 10.2 Å². The number of hydrogen-bond donors (Lipinski definition) is 0. The summed E-state index contributed by atoms with van der Waals surface area (Å²) in [5, 5.41) is 7.93. The van der Waals surface area contributed by atoms with E-state index in [9.17, 15) is 0 Å². The Morgan fingerprint density at radius 3 is 2.27 bits per heavy atom. The predicted octanol–water partition coefficient (Wildman–Crippen LogP) is 3.20. The zero-order valence-electron chi connectivity index (χ0n) is 8.33. The van der Waals surface area contributed by atoms with Crippen LogP contribution in [0.4, 0.5) is 11.6 Å². The molecule has 1 aromatic carbocycles. The molecule has 0 spiro atoms. The fraction of sp³-hybridized carbons (Fsp3) is 0.0909. The maximum absolute atomic E-state index is 4.02. The lowest BCUT2D eigenvalue weighted by atomic mass is 10.2. The number of nitrogens with zero attached hydrogens (tertiary/aromatic N) is 4. The Labute approximate surface area is 87.7 Å². The van der Waals surface area contributed by atoms with E-state index in [0.717, 1.165) is 5.69 Å². The largest absolute Gasteiger partial charge is 0.268 e. The summed E-state index contributed by atoms with van der Waals surface area (Å²) < 4.78 is 0. The Bertz CT molecular complexity index is 448. The van der Waals surface area contributed by atoms with Gasteiger partial charge in [-0.25, -0.2) is 9.97 Å². The van der Waals surface area contributed by atoms with E-state index in [1.54, 1.807) is 18.5 Å². The van der Waals surface area contributed by atoms with E-state index in [-0.39, 0.29) is 0 Å². The van der Waals surface area contributed by atoms with E-state index >= 15 is 0 Å². The summed E-state index contributed by atoms with van der Waals surface area (Å²) in [4.78, 5) is 7.88. The van der Waals surface area contributed by atoms with Crippen molar-refractivity contribution in [2.24, 2.45) is 10.2 Å². The maximum Gasteiger partial charge on any atom is 0.268 e. The molecule has 2 rings (SSSR count). The van der Waals surface area contributed by atoms with Crippen molar-refractivity contribution >= 4 is 11.6 Å². The number of rotatable bonds is 2. The molecule has 0 aliphatic rings. The van der Waals surface area contributed by atoms with Crippen LogP contribution in [0, 0.1) is 6.92 Å². The third kappa shape index (κ3) is 2.67. The lowest BCUT2D eigenvalue weighted by molar-refractivity contribution is 1.07. The number of hydrogen-bond acceptors (Lipinski definition) is 4. The summed E-state index contributed by atoms with van der Waals surface area (Å²) in [6, 6.07) is 9.52. The minimum Gasteiger partial charge on any atom is -0.218 e. The molecule has 1 heterocycles. The lowest BCUT2D eigenvalue weighted by Crippen LogP contribution is -1.75. The highest BCUT2D eigenvalue weighted by atomic mass is 15.2. The highest BCUT2D eigenvalue weighted by molar-refractivity contribution is 5.38. The summed E-state index contributed by atoms with van der Waals surface area (Å²) in [5.74, 6) is 0.373. The molecule has 0 unspecified atom stereocenters. The molecule has 0 aliphatic carbocycles. The molecule has 1 aromatic heterocycles. The smallest absolute Gasteiger partial charge is 0.218 e. The van der Waals surface area contributed by atoms with Gasteiger partial charge < -0.3 is 0 Å². The highest BCUT2D eigenvalue weighted by Gasteiger charge is 1.90. The van der Waals surface area contributed by atoms with Crippen molar-refractivity contribution in [3.63, 3.8) is 0 Å². The molecule has 0 amide bonds. The zero-order valence-corrected chi connectivity index (χ0v) is 8.33. The standard InChI is InChI=1S/C11H10N4/c1-9-3-5-10(6-4-9)14-15-11-12-7-2-8-13-11/h2-8H,1H3. The molecule has 0 atom stereocenters. The molecule has 4 heteroatoms. The summed E-state index contributed by atoms with van der Waals surface area (Å²) in [6.45, 7) is 2.03. The second-order valence-electron chi connectivity index (χ2n) is 3.08. The quantitative estimate of drug-likeness (QED) is 0.696. The molecule has 0 saturated heterocycles. The molecule has 2 aromatic rings. The minimum absolute atomic E-state index is 0.373. The molecular weight excluding hydrogens is 188 g/mol. The minimum atomic E-state index is 0.373. The van der Waals surface area contributed by atoms with E-state index in [4.69, 9.17) is 0 Å². The Morgan fingerprint density at radius 1 is 0.933 bits per heavy atom. The maximum atomic E-state index is 4.02. The van der Waals surface area contributed by atoms with Gasteiger partial charge in [-0.2, -0.15) is 0 Å². The molecule has 15 heavy (non-hydrogen) atoms. The molecular formula is C11H10N4. The first-order chi connectivity index (χ1) is 7.34. The van der Waals surface area contributed by atoms with E-state index in [0.29, 0.717) is 5.95 Å². The van der Waals surface area contributed by atoms with Crippen LogP contribution in [0.5, 0.6) is 0 Å². The monoisotopic (exact) mass is 198 g/mol. The van der Waals surface area contributed by atoms with Crippen molar-refractivity contribution in [2.75, 3.05) is 0 Å². The van der Waals surface area contributed by atoms with Gasteiger partial charge in [0.15, 0.2) is 0 Å². The molecule has 0 saturated carbocycles. The molecule has 4 nitrogen and oxygen atoms in total. The number of aryl methyl sites for hydroxylation is 1. The van der Waals surface area contributed by atoms with Crippen LogP contribution in [0.25, 0.3) is 0 Å². The number of benzene rings is 1. The van der Waals surface area contributed by atoms with Crippen LogP contribution in [-0.2, 0) is 0 Å². The van der Waals surface area contributed by atoms with Gasteiger partial charge >= 0.3 is 0 Å². The summed E-state index contributed by atoms with van der Waals surface area (Å²) in [5.41, 5.74) is 2.00. The van der Waals surface area contributed by atoms with Gasteiger partial charge in [-0.3, -0.25) is 0 Å². The second kappa shape index (κ2) is 4.41. The van der Waals surface area contributed by atoms with Crippen LogP contribution in [0.1, 0.15) is 5.56 Å². The number of azo groups is 1. The molecule has 0 N–H and O–H groups in total. The molecule has 0 fully saturated rings. The van der Waals surface area contributed by atoms with E-state index in [2.05, 4.69) is 20.2 Å². The van der Waals surface area contributed by atoms with Crippen LogP contribution < -0.4 is 0 Å².